The molecule has 0 aliphatic carbocycles. The zero-order valence-electron chi connectivity index (χ0n) is 15.9. The molecule has 2 aromatic carbocycles. The van der Waals surface area contributed by atoms with Crippen LogP contribution in [-0.2, 0) is 10.0 Å². The maximum absolute atomic E-state index is 13.8. The molecule has 2 amide bonds. The molecule has 0 saturated heterocycles. The molecule has 0 atom stereocenters. The molecule has 29 heavy (non-hydrogen) atoms. The van der Waals surface area contributed by atoms with E-state index in [-0.39, 0.29) is 30.5 Å². The number of urea groups is 1. The molecule has 0 fully saturated rings. The fraction of sp³-hybridized carbons (Fsp3) is 0.278. The van der Waals surface area contributed by atoms with Crippen LogP contribution in [0.5, 0.6) is 5.75 Å². The van der Waals surface area contributed by atoms with E-state index in [1.807, 2.05) is 0 Å². The highest BCUT2D eigenvalue weighted by molar-refractivity contribution is 7.89. The number of carbonyl (C=O) groups excluding carboxylic acids is 1. The van der Waals surface area contributed by atoms with Crippen molar-refractivity contribution in [2.45, 2.75) is 0 Å². The van der Waals surface area contributed by atoms with Crippen molar-refractivity contribution in [3.63, 3.8) is 0 Å². The van der Waals surface area contributed by atoms with Gasteiger partial charge in [-0.15, -0.1) is 0 Å². The summed E-state index contributed by atoms with van der Waals surface area (Å²) < 4.78 is 56.4. The number of halogens is 2. The number of sulfonamides is 1. The van der Waals surface area contributed by atoms with Gasteiger partial charge in [-0.3, -0.25) is 5.32 Å². The molecule has 0 radical (unpaired) electrons. The summed E-state index contributed by atoms with van der Waals surface area (Å²) in [5, 5.41) is 7.66. The maximum Gasteiger partial charge on any atom is 0.323 e. The first-order valence-electron chi connectivity index (χ1n) is 8.53. The highest BCUT2D eigenvalue weighted by atomic mass is 32.2. The molecule has 0 saturated carbocycles. The molecule has 158 valence electrons. The predicted molar refractivity (Wildman–Crippen MR) is 106 cm³/mol. The SMILES string of the molecule is CN(C)S(=O)(=O)CNCCOc1cc(F)cc(NC(=O)Nc2ccc(F)cc2)c1. The zero-order chi connectivity index (χ0) is 21.4. The van der Waals surface area contributed by atoms with E-state index in [0.717, 1.165) is 16.4 Å². The Morgan fingerprint density at radius 2 is 1.66 bits per heavy atom. The highest BCUT2D eigenvalue weighted by Crippen LogP contribution is 2.20. The van der Waals surface area contributed by atoms with Crippen molar-refractivity contribution < 1.29 is 26.7 Å². The standard InChI is InChI=1S/C18H22F2N4O4S/c1-24(2)29(26,27)12-21-7-8-28-17-10-14(20)9-16(11-17)23-18(25)22-15-5-3-13(19)4-6-15/h3-6,9-11,21H,7-8,12H2,1-2H3,(H2,22,23,25). The third-order valence-electron chi connectivity index (χ3n) is 3.62. The Balaban J connectivity index is 1.85. The van der Waals surface area contributed by atoms with E-state index >= 15 is 0 Å². The second kappa shape index (κ2) is 10.1. The number of anilines is 2. The molecular formula is C18H22F2N4O4S. The lowest BCUT2D eigenvalue weighted by Gasteiger charge is -2.13. The van der Waals surface area contributed by atoms with Crippen molar-refractivity contribution in [3.05, 3.63) is 54.1 Å². The van der Waals surface area contributed by atoms with E-state index in [1.165, 1.54) is 44.4 Å². The Hall–Kier alpha value is -2.76. The minimum Gasteiger partial charge on any atom is -0.492 e. The van der Waals surface area contributed by atoms with Crippen LogP contribution in [0.1, 0.15) is 0 Å². The van der Waals surface area contributed by atoms with Crippen molar-refractivity contribution in [1.29, 1.82) is 0 Å². The summed E-state index contributed by atoms with van der Waals surface area (Å²) in [6, 6.07) is 8.20. The largest absolute Gasteiger partial charge is 0.492 e. The molecule has 0 aromatic heterocycles. The van der Waals surface area contributed by atoms with Crippen molar-refractivity contribution in [2.24, 2.45) is 0 Å². The van der Waals surface area contributed by atoms with Gasteiger partial charge in [0.15, 0.2) is 0 Å². The normalized spacial score (nSPS) is 11.3. The van der Waals surface area contributed by atoms with Crippen LogP contribution < -0.4 is 20.7 Å². The van der Waals surface area contributed by atoms with Crippen molar-refractivity contribution in [3.8, 4) is 5.75 Å². The number of nitrogens with one attached hydrogen (secondary N) is 3. The molecular weight excluding hydrogens is 406 g/mol. The van der Waals surface area contributed by atoms with Crippen molar-refractivity contribution >= 4 is 27.4 Å². The van der Waals surface area contributed by atoms with Gasteiger partial charge in [0.05, 0.1) is 0 Å². The van der Waals surface area contributed by atoms with Crippen LogP contribution in [0.4, 0.5) is 25.0 Å². The minimum absolute atomic E-state index is 0.0909. The number of amides is 2. The third-order valence-corrected chi connectivity index (χ3v) is 5.30. The molecule has 0 aliphatic heterocycles. The molecule has 0 aliphatic rings. The zero-order valence-corrected chi connectivity index (χ0v) is 16.7. The van der Waals surface area contributed by atoms with Gasteiger partial charge in [0.25, 0.3) is 0 Å². The average Bonchev–Trinajstić information content (AvgIpc) is 2.62. The maximum atomic E-state index is 13.8. The summed E-state index contributed by atoms with van der Waals surface area (Å²) in [5.74, 6) is -1.14. The number of hydrogen-bond acceptors (Lipinski definition) is 5. The van der Waals surface area contributed by atoms with Gasteiger partial charge in [-0.2, -0.15) is 0 Å². The van der Waals surface area contributed by atoms with Crippen molar-refractivity contribution in [1.82, 2.24) is 9.62 Å². The Bertz CT molecular complexity index is 937. The van der Waals surface area contributed by atoms with Crippen LogP contribution in [0, 0.1) is 11.6 Å². The molecule has 0 spiro atoms. The number of benzene rings is 2. The van der Waals surface area contributed by atoms with E-state index < -0.39 is 27.7 Å². The monoisotopic (exact) mass is 428 g/mol. The molecule has 0 bridgehead atoms. The summed E-state index contributed by atoms with van der Waals surface area (Å²) in [6.45, 7) is 0.311. The summed E-state index contributed by atoms with van der Waals surface area (Å²) >= 11 is 0. The van der Waals surface area contributed by atoms with Gasteiger partial charge in [-0.1, -0.05) is 0 Å². The van der Waals surface area contributed by atoms with E-state index in [0.29, 0.717) is 5.69 Å². The summed E-state index contributed by atoms with van der Waals surface area (Å²) in [7, 11) is -0.504. The first-order valence-corrected chi connectivity index (χ1v) is 10.1. The lowest BCUT2D eigenvalue weighted by Crippen LogP contribution is -2.34. The summed E-state index contributed by atoms with van der Waals surface area (Å²) in [4.78, 5) is 12.0. The molecule has 2 rings (SSSR count). The van der Waals surface area contributed by atoms with E-state index in [9.17, 15) is 22.0 Å². The first-order chi connectivity index (χ1) is 13.7. The van der Waals surface area contributed by atoms with Crippen molar-refractivity contribution in [2.75, 3.05) is 43.8 Å². The van der Waals surface area contributed by atoms with Crippen LogP contribution in [0.3, 0.4) is 0 Å². The molecule has 8 nitrogen and oxygen atoms in total. The first kappa shape index (κ1) is 22.5. The average molecular weight is 428 g/mol. The van der Waals surface area contributed by atoms with Crippen LogP contribution in [0.15, 0.2) is 42.5 Å². The second-order valence-electron chi connectivity index (χ2n) is 6.15. The Morgan fingerprint density at radius 1 is 1.00 bits per heavy atom. The van der Waals surface area contributed by atoms with Crippen LogP contribution in [0.2, 0.25) is 0 Å². The van der Waals surface area contributed by atoms with E-state index in [1.54, 1.807) is 0 Å². The number of hydrogen-bond donors (Lipinski definition) is 3. The molecule has 2 aromatic rings. The molecule has 0 unspecified atom stereocenters. The number of rotatable bonds is 9. The fourth-order valence-corrected chi connectivity index (χ4v) is 2.78. The Kier molecular flexibility index (Phi) is 7.88. The number of nitrogens with zero attached hydrogens (tertiary/aromatic N) is 1. The second-order valence-corrected chi connectivity index (χ2v) is 8.33. The molecule has 3 N–H and O–H groups in total. The Morgan fingerprint density at radius 3 is 2.31 bits per heavy atom. The van der Waals surface area contributed by atoms with E-state index in [2.05, 4.69) is 16.0 Å². The quantitative estimate of drug-likeness (QED) is 0.533. The third kappa shape index (κ3) is 7.64. The lowest BCUT2D eigenvalue weighted by atomic mass is 10.3. The minimum atomic E-state index is -3.37. The summed E-state index contributed by atoms with van der Waals surface area (Å²) in [6.07, 6.45) is 0. The van der Waals surface area contributed by atoms with Gasteiger partial charge in [0.1, 0.15) is 29.9 Å². The van der Waals surface area contributed by atoms with Gasteiger partial charge in [0.2, 0.25) is 10.0 Å². The topological polar surface area (TPSA) is 99.8 Å². The van der Waals surface area contributed by atoms with Gasteiger partial charge >= 0.3 is 6.03 Å². The van der Waals surface area contributed by atoms with Gasteiger partial charge in [-0.25, -0.2) is 26.3 Å². The number of carbonyl (C=O) groups is 1. The fourth-order valence-electron chi connectivity index (χ4n) is 2.12. The highest BCUT2D eigenvalue weighted by Gasteiger charge is 2.12. The molecule has 11 heteroatoms. The number of ether oxygens (including phenoxy) is 1. The lowest BCUT2D eigenvalue weighted by molar-refractivity contribution is 0.262. The van der Waals surface area contributed by atoms with Crippen LogP contribution in [-0.4, -0.2) is 51.9 Å². The van der Waals surface area contributed by atoms with Gasteiger partial charge < -0.3 is 15.4 Å². The molecule has 0 heterocycles. The smallest absolute Gasteiger partial charge is 0.323 e. The Labute approximate surface area is 167 Å². The predicted octanol–water partition coefficient (Wildman–Crippen LogP) is 2.43. The van der Waals surface area contributed by atoms with Gasteiger partial charge in [-0.05, 0) is 30.3 Å². The summed E-state index contributed by atoms with van der Waals surface area (Å²) in [5.41, 5.74) is 0.526. The van der Waals surface area contributed by atoms with E-state index in [4.69, 9.17) is 4.74 Å². The van der Waals surface area contributed by atoms with Crippen LogP contribution in [0.25, 0.3) is 0 Å². The van der Waals surface area contributed by atoms with Crippen LogP contribution >= 0.6 is 0 Å². The van der Waals surface area contributed by atoms with Gasteiger partial charge in [0, 0.05) is 44.1 Å².